The predicted molar refractivity (Wildman–Crippen MR) is 87.5 cm³/mol. The van der Waals surface area contributed by atoms with Gasteiger partial charge < -0.3 is 10.6 Å². The molecule has 0 heterocycles. The molecule has 1 aliphatic carbocycles. The van der Waals surface area contributed by atoms with Crippen LogP contribution in [0.25, 0.3) is 0 Å². The van der Waals surface area contributed by atoms with E-state index in [1.165, 1.54) is 0 Å². The molecular formula is C18H28N2O. The van der Waals surface area contributed by atoms with E-state index < -0.39 is 0 Å². The van der Waals surface area contributed by atoms with Gasteiger partial charge in [0.2, 0.25) is 0 Å². The van der Waals surface area contributed by atoms with Crippen molar-refractivity contribution in [3.05, 3.63) is 35.4 Å². The van der Waals surface area contributed by atoms with E-state index in [2.05, 4.69) is 26.8 Å². The summed E-state index contributed by atoms with van der Waals surface area (Å²) in [6.45, 7) is 6.45. The van der Waals surface area contributed by atoms with Gasteiger partial charge in [0, 0.05) is 24.7 Å². The molecule has 3 heteroatoms. The first kappa shape index (κ1) is 16.0. The second kappa shape index (κ2) is 6.18. The summed E-state index contributed by atoms with van der Waals surface area (Å²) in [4.78, 5) is 14.8. The van der Waals surface area contributed by atoms with Crippen LogP contribution in [0.3, 0.4) is 0 Å². The van der Waals surface area contributed by atoms with Crippen molar-refractivity contribution in [1.82, 2.24) is 4.90 Å². The molecule has 1 saturated carbocycles. The number of rotatable bonds is 2. The first-order valence-electron chi connectivity index (χ1n) is 7.93. The molecule has 0 bridgehead atoms. The number of hydrogen-bond acceptors (Lipinski definition) is 2. The Morgan fingerprint density at radius 3 is 2.29 bits per heavy atom. The third-order valence-corrected chi connectivity index (χ3v) is 4.57. The van der Waals surface area contributed by atoms with Crippen LogP contribution in [0.15, 0.2) is 24.3 Å². The number of hydrogen-bond donors (Lipinski definition) is 1. The molecule has 1 fully saturated rings. The minimum Gasteiger partial charge on any atom is -0.339 e. The van der Waals surface area contributed by atoms with Crippen LogP contribution in [-0.4, -0.2) is 29.9 Å². The predicted octanol–water partition coefficient (Wildman–Crippen LogP) is 3.33. The fraction of sp³-hybridized carbons (Fsp3) is 0.611. The summed E-state index contributed by atoms with van der Waals surface area (Å²) in [6.07, 6.45) is 4.06. The minimum absolute atomic E-state index is 0.0258. The lowest BCUT2D eigenvalue weighted by Crippen LogP contribution is -2.42. The van der Waals surface area contributed by atoms with E-state index in [1.807, 2.05) is 30.1 Å². The van der Waals surface area contributed by atoms with Gasteiger partial charge in [-0.25, -0.2) is 0 Å². The summed E-state index contributed by atoms with van der Waals surface area (Å²) in [5.41, 5.74) is 7.89. The Balaban J connectivity index is 2.20. The highest BCUT2D eigenvalue weighted by Crippen LogP contribution is 2.28. The van der Waals surface area contributed by atoms with E-state index in [1.54, 1.807) is 0 Å². The Hall–Kier alpha value is -1.35. The van der Waals surface area contributed by atoms with E-state index in [0.717, 1.165) is 36.8 Å². The third-order valence-electron chi connectivity index (χ3n) is 4.57. The highest BCUT2D eigenvalue weighted by atomic mass is 16.2. The van der Waals surface area contributed by atoms with Gasteiger partial charge in [-0.05, 0) is 42.7 Å². The SMILES string of the molecule is CN(C(=O)c1ccccc1C(C)(C)C)C1CCC(N)CC1. The maximum Gasteiger partial charge on any atom is 0.254 e. The molecule has 1 aromatic carbocycles. The van der Waals surface area contributed by atoms with Crippen molar-refractivity contribution in [2.45, 2.75) is 64.0 Å². The Kier molecular flexibility index (Phi) is 4.72. The molecule has 0 atom stereocenters. The molecule has 1 amide bonds. The largest absolute Gasteiger partial charge is 0.339 e. The molecule has 2 N–H and O–H groups in total. The van der Waals surface area contributed by atoms with Crippen LogP contribution in [0.5, 0.6) is 0 Å². The van der Waals surface area contributed by atoms with Gasteiger partial charge in [-0.2, -0.15) is 0 Å². The maximum absolute atomic E-state index is 12.9. The van der Waals surface area contributed by atoms with Crippen LogP contribution in [0, 0.1) is 0 Å². The van der Waals surface area contributed by atoms with Crippen molar-refractivity contribution in [3.63, 3.8) is 0 Å². The molecule has 3 nitrogen and oxygen atoms in total. The van der Waals surface area contributed by atoms with E-state index >= 15 is 0 Å². The summed E-state index contributed by atoms with van der Waals surface area (Å²) in [5.74, 6) is 0.140. The smallest absolute Gasteiger partial charge is 0.254 e. The average molecular weight is 288 g/mol. The fourth-order valence-electron chi connectivity index (χ4n) is 3.17. The lowest BCUT2D eigenvalue weighted by atomic mass is 9.83. The van der Waals surface area contributed by atoms with E-state index in [4.69, 9.17) is 5.73 Å². The first-order chi connectivity index (χ1) is 9.80. The van der Waals surface area contributed by atoms with Crippen LogP contribution < -0.4 is 5.73 Å². The molecular weight excluding hydrogens is 260 g/mol. The van der Waals surface area contributed by atoms with Crippen LogP contribution in [0.2, 0.25) is 0 Å². The summed E-state index contributed by atoms with van der Waals surface area (Å²) in [7, 11) is 1.93. The highest BCUT2D eigenvalue weighted by molar-refractivity contribution is 5.96. The summed E-state index contributed by atoms with van der Waals surface area (Å²) < 4.78 is 0. The molecule has 0 unspecified atom stereocenters. The van der Waals surface area contributed by atoms with Crippen LogP contribution in [0.1, 0.15) is 62.4 Å². The molecule has 0 saturated heterocycles. The average Bonchev–Trinajstić information content (AvgIpc) is 2.45. The Morgan fingerprint density at radius 2 is 1.71 bits per heavy atom. The standard InChI is InChI=1S/C18H28N2O/c1-18(2,3)16-8-6-5-7-15(16)17(21)20(4)14-11-9-13(19)10-12-14/h5-8,13-14H,9-12,19H2,1-4H3. The van der Waals surface area contributed by atoms with Crippen molar-refractivity contribution in [1.29, 1.82) is 0 Å². The van der Waals surface area contributed by atoms with Gasteiger partial charge in [0.25, 0.3) is 5.91 Å². The molecule has 2 rings (SSSR count). The monoisotopic (exact) mass is 288 g/mol. The third kappa shape index (κ3) is 3.65. The topological polar surface area (TPSA) is 46.3 Å². The van der Waals surface area contributed by atoms with Crippen molar-refractivity contribution < 1.29 is 4.79 Å². The van der Waals surface area contributed by atoms with Gasteiger partial charge in [-0.1, -0.05) is 39.0 Å². The Bertz CT molecular complexity index is 496. The first-order valence-corrected chi connectivity index (χ1v) is 7.93. The zero-order chi connectivity index (χ0) is 15.6. The maximum atomic E-state index is 12.9. The molecule has 1 aromatic rings. The number of nitrogens with zero attached hydrogens (tertiary/aromatic N) is 1. The van der Waals surface area contributed by atoms with Crippen molar-refractivity contribution in [2.75, 3.05) is 7.05 Å². The number of benzene rings is 1. The zero-order valence-corrected chi connectivity index (χ0v) is 13.7. The number of nitrogens with two attached hydrogens (primary N) is 1. The summed E-state index contributed by atoms with van der Waals surface area (Å²) in [5, 5.41) is 0. The van der Waals surface area contributed by atoms with Crippen molar-refractivity contribution >= 4 is 5.91 Å². The van der Waals surface area contributed by atoms with Crippen LogP contribution in [0.4, 0.5) is 0 Å². The second-order valence-corrected chi connectivity index (χ2v) is 7.28. The van der Waals surface area contributed by atoms with Gasteiger partial charge >= 0.3 is 0 Å². The second-order valence-electron chi connectivity index (χ2n) is 7.28. The fourth-order valence-corrected chi connectivity index (χ4v) is 3.17. The number of amides is 1. The Morgan fingerprint density at radius 1 is 1.14 bits per heavy atom. The molecule has 0 radical (unpaired) electrons. The highest BCUT2D eigenvalue weighted by Gasteiger charge is 2.28. The quantitative estimate of drug-likeness (QED) is 0.907. The minimum atomic E-state index is -0.0258. The summed E-state index contributed by atoms with van der Waals surface area (Å²) >= 11 is 0. The van der Waals surface area contributed by atoms with Gasteiger partial charge in [-0.3, -0.25) is 4.79 Å². The van der Waals surface area contributed by atoms with Crippen molar-refractivity contribution in [3.8, 4) is 0 Å². The number of carbonyl (C=O) groups is 1. The van der Waals surface area contributed by atoms with E-state index in [-0.39, 0.29) is 11.3 Å². The zero-order valence-electron chi connectivity index (χ0n) is 13.7. The van der Waals surface area contributed by atoms with Crippen molar-refractivity contribution in [2.24, 2.45) is 5.73 Å². The van der Waals surface area contributed by atoms with Gasteiger partial charge in [0.05, 0.1) is 0 Å². The molecule has 21 heavy (non-hydrogen) atoms. The Labute approximate surface area is 128 Å². The summed E-state index contributed by atoms with van der Waals surface area (Å²) in [6, 6.07) is 8.62. The van der Waals surface area contributed by atoms with Crippen LogP contribution >= 0.6 is 0 Å². The molecule has 0 aromatic heterocycles. The molecule has 1 aliphatic rings. The number of carbonyl (C=O) groups excluding carboxylic acids is 1. The van der Waals surface area contributed by atoms with Gasteiger partial charge in [-0.15, -0.1) is 0 Å². The van der Waals surface area contributed by atoms with Gasteiger partial charge in [0.15, 0.2) is 0 Å². The van der Waals surface area contributed by atoms with E-state index in [9.17, 15) is 4.79 Å². The van der Waals surface area contributed by atoms with E-state index in [0.29, 0.717) is 12.1 Å². The molecule has 0 spiro atoms. The van der Waals surface area contributed by atoms with Gasteiger partial charge in [0.1, 0.15) is 0 Å². The normalized spacial score (nSPS) is 22.9. The molecule has 0 aliphatic heterocycles. The van der Waals surface area contributed by atoms with Crippen LogP contribution in [-0.2, 0) is 5.41 Å². The lowest BCUT2D eigenvalue weighted by molar-refractivity contribution is 0.0687. The molecule has 116 valence electrons. The lowest BCUT2D eigenvalue weighted by Gasteiger charge is -2.34.